The number of carbonyl (C=O) groups excluding carboxylic acids is 1. The van der Waals surface area contributed by atoms with E-state index < -0.39 is 0 Å². The van der Waals surface area contributed by atoms with Crippen molar-refractivity contribution < 1.29 is 4.79 Å². The number of nitrogens with one attached hydrogen (secondary N) is 1. The Morgan fingerprint density at radius 3 is 2.40 bits per heavy atom. The Morgan fingerprint density at radius 1 is 1.40 bits per heavy atom. The van der Waals surface area contributed by atoms with Gasteiger partial charge in [0, 0.05) is 18.2 Å². The van der Waals surface area contributed by atoms with Crippen LogP contribution >= 0.6 is 0 Å². The molecule has 0 spiro atoms. The monoisotopic (exact) mass is 210 g/mol. The summed E-state index contributed by atoms with van der Waals surface area (Å²) in [6.07, 6.45) is 1.24. The summed E-state index contributed by atoms with van der Waals surface area (Å²) < 4.78 is 0. The van der Waals surface area contributed by atoms with E-state index >= 15 is 0 Å². The molecule has 0 radical (unpaired) electrons. The van der Waals surface area contributed by atoms with E-state index in [0.29, 0.717) is 11.5 Å². The standard InChI is InChI=1S/C12H22N2O/c1-9(2)8-13-12(15)10(3)11(4)14-6-5-7-14/h9,11H,3,5-8H2,1-2,4H3,(H,13,15). The third-order valence-corrected chi connectivity index (χ3v) is 2.91. The molecule has 1 fully saturated rings. The molecule has 1 aliphatic heterocycles. The van der Waals surface area contributed by atoms with Crippen molar-refractivity contribution >= 4 is 5.91 Å². The Balaban J connectivity index is 2.34. The smallest absolute Gasteiger partial charge is 0.248 e. The van der Waals surface area contributed by atoms with Crippen molar-refractivity contribution in [2.24, 2.45) is 5.92 Å². The van der Waals surface area contributed by atoms with Crippen LogP contribution in [0.3, 0.4) is 0 Å². The highest BCUT2D eigenvalue weighted by Crippen LogP contribution is 2.16. The Kier molecular flexibility index (Phi) is 4.33. The first-order valence-electron chi connectivity index (χ1n) is 5.73. The van der Waals surface area contributed by atoms with Gasteiger partial charge in [0.25, 0.3) is 0 Å². The van der Waals surface area contributed by atoms with Crippen LogP contribution in [0.15, 0.2) is 12.2 Å². The third-order valence-electron chi connectivity index (χ3n) is 2.91. The van der Waals surface area contributed by atoms with Gasteiger partial charge in [-0.3, -0.25) is 9.69 Å². The van der Waals surface area contributed by atoms with Crippen molar-refractivity contribution in [1.82, 2.24) is 10.2 Å². The fraction of sp³-hybridized carbons (Fsp3) is 0.750. The van der Waals surface area contributed by atoms with Gasteiger partial charge in [0.2, 0.25) is 5.91 Å². The van der Waals surface area contributed by atoms with Crippen LogP contribution in [0, 0.1) is 5.92 Å². The molecule has 0 aliphatic carbocycles. The average molecular weight is 210 g/mol. The van der Waals surface area contributed by atoms with E-state index in [1.54, 1.807) is 0 Å². The zero-order valence-corrected chi connectivity index (χ0v) is 10.0. The van der Waals surface area contributed by atoms with Crippen LogP contribution in [0.2, 0.25) is 0 Å². The van der Waals surface area contributed by atoms with Gasteiger partial charge in [0.1, 0.15) is 0 Å². The van der Waals surface area contributed by atoms with Crippen molar-refractivity contribution in [2.45, 2.75) is 33.2 Å². The molecule has 15 heavy (non-hydrogen) atoms. The molecule has 86 valence electrons. The maximum absolute atomic E-state index is 11.7. The van der Waals surface area contributed by atoms with Gasteiger partial charge in [0.15, 0.2) is 0 Å². The van der Waals surface area contributed by atoms with E-state index in [4.69, 9.17) is 0 Å². The molecule has 0 bridgehead atoms. The molecule has 0 aromatic rings. The molecule has 1 unspecified atom stereocenters. The fourth-order valence-corrected chi connectivity index (χ4v) is 1.55. The third kappa shape index (κ3) is 3.34. The second-order valence-electron chi connectivity index (χ2n) is 4.69. The number of nitrogens with zero attached hydrogens (tertiary/aromatic N) is 1. The highest BCUT2D eigenvalue weighted by molar-refractivity contribution is 5.93. The van der Waals surface area contributed by atoms with Crippen molar-refractivity contribution in [3.05, 3.63) is 12.2 Å². The summed E-state index contributed by atoms with van der Waals surface area (Å²) in [5.74, 6) is 0.490. The molecular weight excluding hydrogens is 188 g/mol. The van der Waals surface area contributed by atoms with Crippen LogP contribution in [-0.4, -0.2) is 36.5 Å². The van der Waals surface area contributed by atoms with Gasteiger partial charge in [-0.15, -0.1) is 0 Å². The highest BCUT2D eigenvalue weighted by Gasteiger charge is 2.25. The highest BCUT2D eigenvalue weighted by atomic mass is 16.1. The maximum atomic E-state index is 11.7. The summed E-state index contributed by atoms with van der Waals surface area (Å²) in [6.45, 7) is 13.0. The number of hydrogen-bond acceptors (Lipinski definition) is 2. The average Bonchev–Trinajstić information content (AvgIpc) is 2.09. The minimum Gasteiger partial charge on any atom is -0.352 e. The summed E-state index contributed by atoms with van der Waals surface area (Å²) in [5, 5.41) is 2.90. The Labute approximate surface area is 92.5 Å². The van der Waals surface area contributed by atoms with Crippen LogP contribution in [0.25, 0.3) is 0 Å². The molecule has 0 saturated carbocycles. The maximum Gasteiger partial charge on any atom is 0.248 e. The quantitative estimate of drug-likeness (QED) is 0.696. The topological polar surface area (TPSA) is 32.3 Å². The van der Waals surface area contributed by atoms with Crippen molar-refractivity contribution in [1.29, 1.82) is 0 Å². The van der Waals surface area contributed by atoms with Gasteiger partial charge in [-0.05, 0) is 32.4 Å². The van der Waals surface area contributed by atoms with Crippen LogP contribution in [0.5, 0.6) is 0 Å². The lowest BCUT2D eigenvalue weighted by Crippen LogP contribution is -2.47. The van der Waals surface area contributed by atoms with E-state index in [1.165, 1.54) is 6.42 Å². The summed E-state index contributed by atoms with van der Waals surface area (Å²) >= 11 is 0. The summed E-state index contributed by atoms with van der Waals surface area (Å²) in [6, 6.07) is 0.186. The van der Waals surface area contributed by atoms with E-state index in [9.17, 15) is 4.79 Å². The fourth-order valence-electron chi connectivity index (χ4n) is 1.55. The van der Waals surface area contributed by atoms with Gasteiger partial charge < -0.3 is 5.32 Å². The van der Waals surface area contributed by atoms with Gasteiger partial charge in [-0.1, -0.05) is 20.4 Å². The zero-order valence-electron chi connectivity index (χ0n) is 10.0. The molecule has 1 amide bonds. The molecule has 1 N–H and O–H groups in total. The van der Waals surface area contributed by atoms with Crippen LogP contribution < -0.4 is 5.32 Å². The van der Waals surface area contributed by atoms with Gasteiger partial charge >= 0.3 is 0 Å². The second kappa shape index (κ2) is 5.31. The van der Waals surface area contributed by atoms with Crippen molar-refractivity contribution in [3.63, 3.8) is 0 Å². The first-order valence-corrected chi connectivity index (χ1v) is 5.73. The lowest BCUT2D eigenvalue weighted by atomic mass is 10.0. The molecule has 1 rings (SSSR count). The summed E-state index contributed by atoms with van der Waals surface area (Å²) in [5.41, 5.74) is 0.690. The van der Waals surface area contributed by atoms with Crippen molar-refractivity contribution in [2.75, 3.05) is 19.6 Å². The summed E-state index contributed by atoms with van der Waals surface area (Å²) in [4.78, 5) is 14.0. The van der Waals surface area contributed by atoms with E-state index in [-0.39, 0.29) is 11.9 Å². The first kappa shape index (κ1) is 12.2. The molecule has 3 heteroatoms. The Hall–Kier alpha value is -0.830. The number of carbonyl (C=O) groups is 1. The largest absolute Gasteiger partial charge is 0.352 e. The number of rotatable bonds is 5. The molecule has 1 aliphatic rings. The molecule has 1 saturated heterocycles. The van der Waals surface area contributed by atoms with E-state index in [1.807, 2.05) is 0 Å². The minimum atomic E-state index is 0.00287. The molecule has 0 aromatic heterocycles. The predicted molar refractivity (Wildman–Crippen MR) is 62.6 cm³/mol. The second-order valence-corrected chi connectivity index (χ2v) is 4.69. The van der Waals surface area contributed by atoms with Gasteiger partial charge in [-0.25, -0.2) is 0 Å². The predicted octanol–water partition coefficient (Wildman–Crippen LogP) is 1.41. The number of hydrogen-bond donors (Lipinski definition) is 1. The van der Waals surface area contributed by atoms with E-state index in [2.05, 4.69) is 37.6 Å². The molecule has 0 aromatic carbocycles. The Morgan fingerprint density at radius 2 is 2.00 bits per heavy atom. The molecule has 1 atom stereocenters. The normalized spacial score (nSPS) is 18.4. The minimum absolute atomic E-state index is 0.00287. The van der Waals surface area contributed by atoms with Gasteiger partial charge in [0.05, 0.1) is 0 Å². The summed E-state index contributed by atoms with van der Waals surface area (Å²) in [7, 11) is 0. The van der Waals surface area contributed by atoms with Gasteiger partial charge in [-0.2, -0.15) is 0 Å². The van der Waals surface area contributed by atoms with Crippen LogP contribution in [0.4, 0.5) is 0 Å². The molecule has 1 heterocycles. The SMILES string of the molecule is C=C(C(=O)NCC(C)C)C(C)N1CCC1. The Bertz CT molecular complexity index is 244. The molecular formula is C12H22N2O. The molecule has 3 nitrogen and oxygen atoms in total. The van der Waals surface area contributed by atoms with Crippen molar-refractivity contribution in [3.8, 4) is 0 Å². The number of amides is 1. The number of likely N-dealkylation sites (tertiary alicyclic amines) is 1. The zero-order chi connectivity index (χ0) is 11.4. The van der Waals surface area contributed by atoms with Crippen LogP contribution in [0.1, 0.15) is 27.2 Å². The van der Waals surface area contributed by atoms with E-state index in [0.717, 1.165) is 19.6 Å². The lowest BCUT2D eigenvalue weighted by Gasteiger charge is -2.37. The lowest BCUT2D eigenvalue weighted by molar-refractivity contribution is -0.118. The van der Waals surface area contributed by atoms with Crippen LogP contribution in [-0.2, 0) is 4.79 Å². The first-order chi connectivity index (χ1) is 7.02.